The van der Waals surface area contributed by atoms with E-state index in [2.05, 4.69) is 9.89 Å². The molecule has 1 saturated heterocycles. The normalized spacial score (nSPS) is 24.5. The lowest BCUT2D eigenvalue weighted by molar-refractivity contribution is 0.0895. The zero-order chi connectivity index (χ0) is 12.8. The molecule has 0 atom stereocenters. The summed E-state index contributed by atoms with van der Waals surface area (Å²) in [5.74, 6) is 3.07. The van der Waals surface area contributed by atoms with Crippen molar-refractivity contribution in [1.82, 2.24) is 4.90 Å². The molecular weight excluding hydrogens is 246 g/mol. The van der Waals surface area contributed by atoms with Crippen molar-refractivity contribution in [2.45, 2.75) is 25.7 Å². The molecule has 0 bridgehead atoms. The molecule has 0 aromatic carbocycles. The van der Waals surface area contributed by atoms with Gasteiger partial charge < -0.3 is 15.4 Å². The fourth-order valence-corrected chi connectivity index (χ4v) is 3.82. The molecule has 1 aliphatic carbocycles. The van der Waals surface area contributed by atoms with E-state index >= 15 is 0 Å². The maximum Gasteiger partial charge on any atom is 0.191 e. The first-order chi connectivity index (χ1) is 8.76. The minimum absolute atomic E-state index is 0.254. The summed E-state index contributed by atoms with van der Waals surface area (Å²) in [6.45, 7) is 3.73. The van der Waals surface area contributed by atoms with Gasteiger partial charge in [-0.25, -0.2) is 0 Å². The van der Waals surface area contributed by atoms with Crippen LogP contribution in [0.15, 0.2) is 4.99 Å². The van der Waals surface area contributed by atoms with Crippen molar-refractivity contribution in [3.05, 3.63) is 0 Å². The first-order valence-corrected chi connectivity index (χ1v) is 8.03. The SMILES string of the molecule is COCC1(CN=C(N)N2CCSCC2)CCCC1. The molecule has 0 aromatic heterocycles. The van der Waals surface area contributed by atoms with Crippen molar-refractivity contribution >= 4 is 17.7 Å². The Bertz CT molecular complexity index is 284. The van der Waals surface area contributed by atoms with Gasteiger partial charge in [0.2, 0.25) is 0 Å². The smallest absolute Gasteiger partial charge is 0.191 e. The van der Waals surface area contributed by atoms with E-state index in [1.54, 1.807) is 7.11 Å². The fraction of sp³-hybridized carbons (Fsp3) is 0.923. The maximum atomic E-state index is 6.11. The van der Waals surface area contributed by atoms with Gasteiger partial charge in [0.25, 0.3) is 0 Å². The highest BCUT2D eigenvalue weighted by Gasteiger charge is 2.33. The van der Waals surface area contributed by atoms with Crippen LogP contribution in [0, 0.1) is 5.41 Å². The summed E-state index contributed by atoms with van der Waals surface area (Å²) in [5, 5.41) is 0. The number of ether oxygens (including phenoxy) is 1. The molecule has 0 amide bonds. The van der Waals surface area contributed by atoms with Crippen LogP contribution in [0.3, 0.4) is 0 Å². The van der Waals surface area contributed by atoms with Gasteiger partial charge in [-0.3, -0.25) is 4.99 Å². The van der Waals surface area contributed by atoms with Crippen molar-refractivity contribution < 1.29 is 4.74 Å². The second kappa shape index (κ2) is 6.66. The number of hydrogen-bond acceptors (Lipinski definition) is 3. The summed E-state index contributed by atoms with van der Waals surface area (Å²) in [5.41, 5.74) is 6.36. The van der Waals surface area contributed by atoms with Crippen LogP contribution in [-0.4, -0.2) is 55.7 Å². The quantitative estimate of drug-likeness (QED) is 0.623. The lowest BCUT2D eigenvalue weighted by Crippen LogP contribution is -2.43. The number of guanidine groups is 1. The molecule has 0 spiro atoms. The Labute approximate surface area is 114 Å². The monoisotopic (exact) mass is 271 g/mol. The number of methoxy groups -OCH3 is 1. The Kier molecular flexibility index (Phi) is 5.18. The summed E-state index contributed by atoms with van der Waals surface area (Å²) in [6.07, 6.45) is 5.07. The van der Waals surface area contributed by atoms with E-state index in [0.29, 0.717) is 0 Å². The standard InChI is InChI=1S/C13H25N3OS/c1-17-11-13(4-2-3-5-13)10-15-12(14)16-6-8-18-9-7-16/h2-11H2,1H3,(H2,14,15). The van der Waals surface area contributed by atoms with Gasteiger partial charge in [-0.1, -0.05) is 12.8 Å². The summed E-state index contributed by atoms with van der Waals surface area (Å²) >= 11 is 1.99. The molecule has 0 radical (unpaired) electrons. The first-order valence-electron chi connectivity index (χ1n) is 6.87. The fourth-order valence-electron chi connectivity index (χ4n) is 2.92. The highest BCUT2D eigenvalue weighted by molar-refractivity contribution is 7.99. The topological polar surface area (TPSA) is 50.9 Å². The van der Waals surface area contributed by atoms with Crippen molar-refractivity contribution in [1.29, 1.82) is 0 Å². The third-order valence-corrected chi connectivity index (χ3v) is 4.97. The van der Waals surface area contributed by atoms with Crippen LogP contribution in [0.2, 0.25) is 0 Å². The summed E-state index contributed by atoms with van der Waals surface area (Å²) < 4.78 is 5.38. The highest BCUT2D eigenvalue weighted by Crippen LogP contribution is 2.38. The first kappa shape index (κ1) is 14.0. The van der Waals surface area contributed by atoms with E-state index in [4.69, 9.17) is 10.5 Å². The van der Waals surface area contributed by atoms with Gasteiger partial charge in [0, 0.05) is 37.1 Å². The van der Waals surface area contributed by atoms with Crippen LogP contribution >= 0.6 is 11.8 Å². The molecule has 4 nitrogen and oxygen atoms in total. The van der Waals surface area contributed by atoms with Crippen LogP contribution in [0.5, 0.6) is 0 Å². The van der Waals surface area contributed by atoms with Gasteiger partial charge in [-0.05, 0) is 12.8 Å². The Balaban J connectivity index is 1.90. The van der Waals surface area contributed by atoms with E-state index in [9.17, 15) is 0 Å². The maximum absolute atomic E-state index is 6.11. The van der Waals surface area contributed by atoms with Gasteiger partial charge in [0.15, 0.2) is 5.96 Å². The summed E-state index contributed by atoms with van der Waals surface area (Å²) in [7, 11) is 1.79. The van der Waals surface area contributed by atoms with Crippen LogP contribution in [-0.2, 0) is 4.74 Å². The third-order valence-electron chi connectivity index (χ3n) is 4.03. The van der Waals surface area contributed by atoms with E-state index in [1.165, 1.54) is 37.2 Å². The molecule has 2 rings (SSSR count). The molecule has 2 N–H and O–H groups in total. The van der Waals surface area contributed by atoms with Crippen LogP contribution < -0.4 is 5.73 Å². The van der Waals surface area contributed by atoms with E-state index in [-0.39, 0.29) is 5.41 Å². The molecule has 1 heterocycles. The zero-order valence-corrected chi connectivity index (χ0v) is 12.2. The van der Waals surface area contributed by atoms with Crippen molar-refractivity contribution in [3.8, 4) is 0 Å². The Morgan fingerprint density at radius 2 is 2.00 bits per heavy atom. The second-order valence-electron chi connectivity index (χ2n) is 5.41. The Hall–Kier alpha value is -0.420. The minimum Gasteiger partial charge on any atom is -0.384 e. The van der Waals surface area contributed by atoms with Gasteiger partial charge in [0.1, 0.15) is 0 Å². The number of thioether (sulfide) groups is 1. The van der Waals surface area contributed by atoms with Crippen LogP contribution in [0.1, 0.15) is 25.7 Å². The molecule has 5 heteroatoms. The van der Waals surface area contributed by atoms with E-state index in [0.717, 1.165) is 32.2 Å². The van der Waals surface area contributed by atoms with Gasteiger partial charge >= 0.3 is 0 Å². The minimum atomic E-state index is 0.254. The lowest BCUT2D eigenvalue weighted by atomic mass is 9.87. The van der Waals surface area contributed by atoms with Crippen molar-refractivity contribution in [3.63, 3.8) is 0 Å². The molecule has 2 aliphatic rings. The predicted molar refractivity (Wildman–Crippen MR) is 78.2 cm³/mol. The van der Waals surface area contributed by atoms with Crippen molar-refractivity contribution in [2.75, 3.05) is 44.9 Å². The number of nitrogens with two attached hydrogens (primary N) is 1. The Morgan fingerprint density at radius 1 is 1.33 bits per heavy atom. The summed E-state index contributed by atoms with van der Waals surface area (Å²) in [6, 6.07) is 0. The summed E-state index contributed by atoms with van der Waals surface area (Å²) in [4.78, 5) is 6.87. The average Bonchev–Trinajstić information content (AvgIpc) is 2.87. The molecule has 0 aromatic rings. The molecule has 1 aliphatic heterocycles. The lowest BCUT2D eigenvalue weighted by Gasteiger charge is -2.30. The molecule has 2 fully saturated rings. The van der Waals surface area contributed by atoms with Crippen LogP contribution in [0.4, 0.5) is 0 Å². The number of rotatable bonds is 4. The second-order valence-corrected chi connectivity index (χ2v) is 6.64. The molecule has 104 valence electrons. The molecule has 0 unspecified atom stereocenters. The molecule has 1 saturated carbocycles. The highest BCUT2D eigenvalue weighted by atomic mass is 32.2. The van der Waals surface area contributed by atoms with Gasteiger partial charge in [-0.15, -0.1) is 0 Å². The van der Waals surface area contributed by atoms with Crippen LogP contribution in [0.25, 0.3) is 0 Å². The zero-order valence-electron chi connectivity index (χ0n) is 11.4. The number of aliphatic imine (C=N–C) groups is 1. The largest absolute Gasteiger partial charge is 0.384 e. The van der Waals surface area contributed by atoms with E-state index < -0.39 is 0 Å². The Morgan fingerprint density at radius 3 is 2.61 bits per heavy atom. The predicted octanol–water partition coefficient (Wildman–Crippen LogP) is 1.56. The van der Waals surface area contributed by atoms with E-state index in [1.807, 2.05) is 11.8 Å². The van der Waals surface area contributed by atoms with Gasteiger partial charge in [0.05, 0.1) is 13.2 Å². The molecular formula is C13H25N3OS. The van der Waals surface area contributed by atoms with Crippen molar-refractivity contribution in [2.24, 2.45) is 16.1 Å². The average molecular weight is 271 g/mol. The number of hydrogen-bond donors (Lipinski definition) is 1. The third kappa shape index (κ3) is 3.54. The molecule has 18 heavy (non-hydrogen) atoms. The van der Waals surface area contributed by atoms with Gasteiger partial charge in [-0.2, -0.15) is 11.8 Å². The number of nitrogens with zero attached hydrogens (tertiary/aromatic N) is 2.